The van der Waals surface area contributed by atoms with Crippen molar-refractivity contribution in [2.45, 2.75) is 19.6 Å². The van der Waals surface area contributed by atoms with Gasteiger partial charge in [-0.25, -0.2) is 9.78 Å². The summed E-state index contributed by atoms with van der Waals surface area (Å²) in [6, 6.07) is 7.78. The lowest BCUT2D eigenvalue weighted by molar-refractivity contribution is -0.149. The van der Waals surface area contributed by atoms with Crippen LogP contribution in [0.4, 0.5) is 0 Å². The lowest BCUT2D eigenvalue weighted by Crippen LogP contribution is -2.19. The van der Waals surface area contributed by atoms with Crippen molar-refractivity contribution >= 4 is 27.5 Å². The number of benzene rings is 1. The zero-order valence-electron chi connectivity index (χ0n) is 8.71. The lowest BCUT2D eigenvalue weighted by Gasteiger charge is -2.05. The van der Waals surface area contributed by atoms with Gasteiger partial charge in [0.1, 0.15) is 5.01 Å². The van der Waals surface area contributed by atoms with Crippen molar-refractivity contribution < 1.29 is 14.6 Å². The summed E-state index contributed by atoms with van der Waals surface area (Å²) in [5.74, 6) is -0.957. The summed E-state index contributed by atoms with van der Waals surface area (Å²) in [5, 5.41) is 9.46. The van der Waals surface area contributed by atoms with Crippen molar-refractivity contribution in [3.05, 3.63) is 29.3 Å². The minimum absolute atomic E-state index is 0.243. The molecule has 0 unspecified atom stereocenters. The molecule has 84 valence electrons. The largest absolute Gasteiger partial charge is 0.479 e. The normalized spacial score (nSPS) is 12.8. The number of fused-ring (bicyclic) bond motifs is 1. The molecule has 1 aromatic carbocycles. The molecule has 0 amide bonds. The number of nitrogens with zero attached hydrogens (tertiary/aromatic N) is 1. The number of thiazole rings is 1. The van der Waals surface area contributed by atoms with Gasteiger partial charge in [0.15, 0.2) is 6.10 Å². The highest BCUT2D eigenvalue weighted by Crippen LogP contribution is 2.22. The lowest BCUT2D eigenvalue weighted by atomic mass is 10.3. The molecule has 4 nitrogen and oxygen atoms in total. The summed E-state index contributed by atoms with van der Waals surface area (Å²) in [4.78, 5) is 14.9. The maximum atomic E-state index is 10.6. The molecule has 2 aromatic rings. The van der Waals surface area contributed by atoms with Crippen LogP contribution in [0.3, 0.4) is 0 Å². The first-order valence-corrected chi connectivity index (χ1v) is 5.67. The number of carboxylic acids is 1. The third-order valence-corrected chi connectivity index (χ3v) is 3.15. The molecule has 0 spiro atoms. The van der Waals surface area contributed by atoms with Gasteiger partial charge in [0.05, 0.1) is 16.8 Å². The fraction of sp³-hybridized carbons (Fsp3) is 0.273. The highest BCUT2D eigenvalue weighted by atomic mass is 32.1. The monoisotopic (exact) mass is 237 g/mol. The van der Waals surface area contributed by atoms with Crippen molar-refractivity contribution in [1.29, 1.82) is 0 Å². The van der Waals surface area contributed by atoms with E-state index in [0.29, 0.717) is 0 Å². The number of carboxylic acid groups (broad SMARTS) is 1. The van der Waals surface area contributed by atoms with Crippen LogP contribution in [0.1, 0.15) is 11.9 Å². The maximum absolute atomic E-state index is 10.6. The molecule has 1 aromatic heterocycles. The Kier molecular flexibility index (Phi) is 3.17. The van der Waals surface area contributed by atoms with Crippen molar-refractivity contribution in [3.8, 4) is 0 Å². The molecule has 0 saturated heterocycles. The second-order valence-corrected chi connectivity index (χ2v) is 4.48. The molecule has 0 radical (unpaired) electrons. The molecule has 0 saturated carbocycles. The van der Waals surface area contributed by atoms with Crippen molar-refractivity contribution in [2.24, 2.45) is 0 Å². The second kappa shape index (κ2) is 4.59. The number of hydrogen-bond donors (Lipinski definition) is 1. The van der Waals surface area contributed by atoms with Crippen LogP contribution in [0.15, 0.2) is 24.3 Å². The van der Waals surface area contributed by atoms with Crippen LogP contribution < -0.4 is 0 Å². The van der Waals surface area contributed by atoms with Crippen LogP contribution in [0.5, 0.6) is 0 Å². The highest BCUT2D eigenvalue weighted by Gasteiger charge is 2.12. The topological polar surface area (TPSA) is 59.4 Å². The molecule has 5 heteroatoms. The Balaban J connectivity index is 2.07. The average molecular weight is 237 g/mol. The number of hydrogen-bond acceptors (Lipinski definition) is 4. The third kappa shape index (κ3) is 2.37. The third-order valence-electron chi connectivity index (χ3n) is 2.14. The molecule has 0 aliphatic rings. The van der Waals surface area contributed by atoms with Gasteiger partial charge in [-0.05, 0) is 19.1 Å². The zero-order valence-corrected chi connectivity index (χ0v) is 9.53. The zero-order chi connectivity index (χ0) is 11.5. The fourth-order valence-corrected chi connectivity index (χ4v) is 2.14. The second-order valence-electron chi connectivity index (χ2n) is 3.37. The molecule has 0 aliphatic carbocycles. The van der Waals surface area contributed by atoms with E-state index in [-0.39, 0.29) is 6.61 Å². The van der Waals surface area contributed by atoms with Gasteiger partial charge in [-0.1, -0.05) is 12.1 Å². The molecule has 1 heterocycles. The summed E-state index contributed by atoms with van der Waals surface area (Å²) in [7, 11) is 0. The Hall–Kier alpha value is -1.46. The number of rotatable bonds is 4. The first-order valence-electron chi connectivity index (χ1n) is 4.85. The summed E-state index contributed by atoms with van der Waals surface area (Å²) in [6.07, 6.45) is -0.799. The first-order chi connectivity index (χ1) is 7.66. The number of para-hydroxylation sites is 1. The molecule has 0 aliphatic heterocycles. The molecule has 0 fully saturated rings. The van der Waals surface area contributed by atoms with E-state index in [4.69, 9.17) is 9.84 Å². The van der Waals surface area contributed by atoms with Gasteiger partial charge >= 0.3 is 5.97 Å². The molecule has 0 bridgehead atoms. The maximum Gasteiger partial charge on any atom is 0.332 e. The Morgan fingerprint density at radius 3 is 3.00 bits per heavy atom. The van der Waals surface area contributed by atoms with Crippen LogP contribution >= 0.6 is 11.3 Å². The van der Waals surface area contributed by atoms with Crippen LogP contribution in [0, 0.1) is 0 Å². The molecule has 1 atom stereocenters. The Labute approximate surface area is 96.5 Å². The van der Waals surface area contributed by atoms with Gasteiger partial charge in [0, 0.05) is 0 Å². The Morgan fingerprint density at radius 2 is 2.31 bits per heavy atom. The minimum Gasteiger partial charge on any atom is -0.479 e. The van der Waals surface area contributed by atoms with E-state index in [2.05, 4.69) is 4.98 Å². The van der Waals surface area contributed by atoms with E-state index >= 15 is 0 Å². The van der Waals surface area contributed by atoms with Crippen LogP contribution in [-0.2, 0) is 16.1 Å². The predicted octanol–water partition coefficient (Wildman–Crippen LogP) is 2.29. The SMILES string of the molecule is C[C@H](OCc1nc2ccccc2s1)C(=O)O. The van der Waals surface area contributed by atoms with Gasteiger partial charge in [-0.15, -0.1) is 11.3 Å². The van der Waals surface area contributed by atoms with E-state index in [1.807, 2.05) is 24.3 Å². The highest BCUT2D eigenvalue weighted by molar-refractivity contribution is 7.18. The quantitative estimate of drug-likeness (QED) is 0.886. The summed E-state index contributed by atoms with van der Waals surface area (Å²) < 4.78 is 6.25. The van der Waals surface area contributed by atoms with E-state index in [9.17, 15) is 4.79 Å². The van der Waals surface area contributed by atoms with E-state index in [1.54, 1.807) is 0 Å². The van der Waals surface area contributed by atoms with E-state index in [0.717, 1.165) is 15.2 Å². The molecule has 2 rings (SSSR count). The molecule has 1 N–H and O–H groups in total. The number of ether oxygens (including phenoxy) is 1. The first kappa shape index (κ1) is 11.0. The van der Waals surface area contributed by atoms with E-state index in [1.165, 1.54) is 18.3 Å². The van der Waals surface area contributed by atoms with Crippen LogP contribution in [0.25, 0.3) is 10.2 Å². The predicted molar refractivity (Wildman–Crippen MR) is 61.5 cm³/mol. The van der Waals surface area contributed by atoms with Gasteiger partial charge in [-0.3, -0.25) is 0 Å². The summed E-state index contributed by atoms with van der Waals surface area (Å²) >= 11 is 1.52. The molecule has 16 heavy (non-hydrogen) atoms. The average Bonchev–Trinajstić information content (AvgIpc) is 2.68. The van der Waals surface area contributed by atoms with Gasteiger partial charge in [0.2, 0.25) is 0 Å². The van der Waals surface area contributed by atoms with Crippen molar-refractivity contribution in [2.75, 3.05) is 0 Å². The molecular formula is C11H11NO3S. The van der Waals surface area contributed by atoms with Gasteiger partial charge in [0.25, 0.3) is 0 Å². The number of aromatic nitrogens is 1. The minimum atomic E-state index is -0.957. The summed E-state index contributed by atoms with van der Waals surface area (Å²) in [5.41, 5.74) is 0.925. The van der Waals surface area contributed by atoms with Gasteiger partial charge in [-0.2, -0.15) is 0 Å². The fourth-order valence-electron chi connectivity index (χ4n) is 1.25. The smallest absolute Gasteiger partial charge is 0.332 e. The Morgan fingerprint density at radius 1 is 1.56 bits per heavy atom. The summed E-state index contributed by atoms with van der Waals surface area (Å²) in [6.45, 7) is 1.75. The Bertz CT molecular complexity index is 476. The standard InChI is InChI=1S/C11H11NO3S/c1-7(11(13)14)15-6-10-12-8-4-2-3-5-9(8)16-10/h2-5,7H,6H2,1H3,(H,13,14)/t7-/m0/s1. The van der Waals surface area contributed by atoms with Crippen LogP contribution in [0.2, 0.25) is 0 Å². The van der Waals surface area contributed by atoms with Gasteiger partial charge < -0.3 is 9.84 Å². The van der Waals surface area contributed by atoms with Crippen molar-refractivity contribution in [3.63, 3.8) is 0 Å². The van der Waals surface area contributed by atoms with Crippen LogP contribution in [-0.4, -0.2) is 22.2 Å². The van der Waals surface area contributed by atoms with E-state index < -0.39 is 12.1 Å². The number of carbonyl (C=O) groups is 1. The van der Waals surface area contributed by atoms with Crippen molar-refractivity contribution in [1.82, 2.24) is 4.98 Å². The number of aliphatic carboxylic acids is 1. The molecular weight excluding hydrogens is 226 g/mol.